The van der Waals surface area contributed by atoms with Crippen LogP contribution in [0.3, 0.4) is 0 Å². The van der Waals surface area contributed by atoms with Gasteiger partial charge in [0.1, 0.15) is 5.69 Å². The maximum absolute atomic E-state index is 5.77. The fourth-order valence-corrected chi connectivity index (χ4v) is 2.82. The summed E-state index contributed by atoms with van der Waals surface area (Å²) in [6, 6.07) is 4.06. The Balaban J connectivity index is 1.97. The van der Waals surface area contributed by atoms with Crippen LogP contribution in [0.5, 0.6) is 0 Å². The lowest BCUT2D eigenvalue weighted by atomic mass is 9.87. The number of hydrogen-bond donors (Lipinski definition) is 1. The van der Waals surface area contributed by atoms with E-state index < -0.39 is 0 Å². The second-order valence-electron chi connectivity index (χ2n) is 5.37. The average molecular weight is 268 g/mol. The first-order valence-electron chi connectivity index (χ1n) is 7.31. The molecule has 1 aliphatic rings. The minimum Gasteiger partial charge on any atom is -0.330 e. The lowest BCUT2D eigenvalue weighted by Crippen LogP contribution is -2.23. The first-order valence-corrected chi connectivity index (χ1v) is 7.31. The molecule has 2 N–H and O–H groups in total. The van der Waals surface area contributed by atoms with E-state index in [1.165, 1.54) is 16.8 Å². The molecule has 0 spiro atoms. The molecule has 0 bridgehead atoms. The first-order chi connectivity index (χ1) is 9.81. The van der Waals surface area contributed by atoms with Crippen LogP contribution < -0.4 is 5.73 Å². The van der Waals surface area contributed by atoms with Gasteiger partial charge in [-0.3, -0.25) is 4.98 Å². The molecule has 4 nitrogen and oxygen atoms in total. The van der Waals surface area contributed by atoms with Gasteiger partial charge in [0.2, 0.25) is 0 Å². The van der Waals surface area contributed by atoms with Crippen LogP contribution in [-0.4, -0.2) is 21.5 Å². The molecule has 0 amide bonds. The number of hydrogen-bond acceptors (Lipinski definition) is 4. The summed E-state index contributed by atoms with van der Waals surface area (Å²) >= 11 is 0. The Morgan fingerprint density at radius 3 is 3.05 bits per heavy atom. The highest BCUT2D eigenvalue weighted by molar-refractivity contribution is 5.55. The SMILES string of the molecule is CCc1cccnc1-c1ncc2c(n1)CCC(CN)C2. The summed E-state index contributed by atoms with van der Waals surface area (Å²) in [7, 11) is 0. The monoisotopic (exact) mass is 268 g/mol. The van der Waals surface area contributed by atoms with E-state index in [4.69, 9.17) is 10.7 Å². The van der Waals surface area contributed by atoms with Gasteiger partial charge in [-0.05, 0) is 55.3 Å². The molecule has 1 aliphatic carbocycles. The summed E-state index contributed by atoms with van der Waals surface area (Å²) in [6.07, 6.45) is 7.85. The Labute approximate surface area is 119 Å². The third-order valence-corrected chi connectivity index (χ3v) is 4.07. The lowest BCUT2D eigenvalue weighted by molar-refractivity contribution is 0.462. The molecular weight excluding hydrogens is 248 g/mol. The van der Waals surface area contributed by atoms with Gasteiger partial charge in [0.05, 0.1) is 0 Å². The molecule has 3 rings (SSSR count). The van der Waals surface area contributed by atoms with E-state index in [1.807, 2.05) is 18.5 Å². The number of nitrogens with two attached hydrogens (primary N) is 1. The predicted molar refractivity (Wildman–Crippen MR) is 79.2 cm³/mol. The summed E-state index contributed by atoms with van der Waals surface area (Å²) in [5.74, 6) is 1.34. The largest absolute Gasteiger partial charge is 0.330 e. The molecule has 4 heteroatoms. The smallest absolute Gasteiger partial charge is 0.178 e. The number of pyridine rings is 1. The van der Waals surface area contributed by atoms with E-state index in [9.17, 15) is 0 Å². The molecule has 0 aliphatic heterocycles. The highest BCUT2D eigenvalue weighted by atomic mass is 14.9. The average Bonchev–Trinajstić information content (AvgIpc) is 2.53. The van der Waals surface area contributed by atoms with Crippen molar-refractivity contribution in [1.29, 1.82) is 0 Å². The highest BCUT2D eigenvalue weighted by Crippen LogP contribution is 2.25. The number of aromatic nitrogens is 3. The van der Waals surface area contributed by atoms with E-state index in [0.717, 1.165) is 43.7 Å². The maximum Gasteiger partial charge on any atom is 0.178 e. The van der Waals surface area contributed by atoms with Gasteiger partial charge in [0.25, 0.3) is 0 Å². The van der Waals surface area contributed by atoms with Gasteiger partial charge in [-0.2, -0.15) is 0 Å². The van der Waals surface area contributed by atoms with Crippen molar-refractivity contribution in [2.75, 3.05) is 6.54 Å². The van der Waals surface area contributed by atoms with Crippen LogP contribution in [0.2, 0.25) is 0 Å². The van der Waals surface area contributed by atoms with Crippen LogP contribution in [0.25, 0.3) is 11.5 Å². The Morgan fingerprint density at radius 2 is 2.25 bits per heavy atom. The van der Waals surface area contributed by atoms with Crippen molar-refractivity contribution in [3.05, 3.63) is 41.3 Å². The summed E-state index contributed by atoms with van der Waals surface area (Å²) < 4.78 is 0. The third-order valence-electron chi connectivity index (χ3n) is 4.07. The number of nitrogens with zero attached hydrogens (tertiary/aromatic N) is 3. The van der Waals surface area contributed by atoms with Crippen LogP contribution in [0.1, 0.15) is 30.2 Å². The quantitative estimate of drug-likeness (QED) is 0.926. The van der Waals surface area contributed by atoms with Gasteiger partial charge in [-0.1, -0.05) is 13.0 Å². The molecule has 0 fully saturated rings. The highest BCUT2D eigenvalue weighted by Gasteiger charge is 2.20. The topological polar surface area (TPSA) is 64.7 Å². The Kier molecular flexibility index (Phi) is 3.74. The molecule has 0 aromatic carbocycles. The molecule has 2 aromatic rings. The summed E-state index contributed by atoms with van der Waals surface area (Å²) in [6.45, 7) is 2.88. The molecule has 2 aromatic heterocycles. The van der Waals surface area contributed by atoms with Crippen molar-refractivity contribution in [2.24, 2.45) is 11.7 Å². The zero-order valence-corrected chi connectivity index (χ0v) is 11.8. The fourth-order valence-electron chi connectivity index (χ4n) is 2.82. The maximum atomic E-state index is 5.77. The van der Waals surface area contributed by atoms with E-state index in [0.29, 0.717) is 5.92 Å². The zero-order valence-electron chi connectivity index (χ0n) is 11.8. The van der Waals surface area contributed by atoms with Crippen molar-refractivity contribution in [1.82, 2.24) is 15.0 Å². The zero-order chi connectivity index (χ0) is 13.9. The van der Waals surface area contributed by atoms with E-state index in [1.54, 1.807) is 0 Å². The van der Waals surface area contributed by atoms with Crippen molar-refractivity contribution in [3.63, 3.8) is 0 Å². The van der Waals surface area contributed by atoms with Crippen LogP contribution in [0.4, 0.5) is 0 Å². The van der Waals surface area contributed by atoms with Gasteiger partial charge in [0.15, 0.2) is 5.82 Å². The van der Waals surface area contributed by atoms with E-state index in [2.05, 4.69) is 23.0 Å². The molecular formula is C16H20N4. The van der Waals surface area contributed by atoms with Crippen molar-refractivity contribution >= 4 is 0 Å². The van der Waals surface area contributed by atoms with Gasteiger partial charge in [-0.25, -0.2) is 9.97 Å². The fraction of sp³-hybridized carbons (Fsp3) is 0.438. The van der Waals surface area contributed by atoms with Crippen LogP contribution >= 0.6 is 0 Å². The number of rotatable bonds is 3. The number of fused-ring (bicyclic) bond motifs is 1. The van der Waals surface area contributed by atoms with E-state index in [-0.39, 0.29) is 0 Å². The normalized spacial score (nSPS) is 17.8. The Bertz CT molecular complexity index is 609. The van der Waals surface area contributed by atoms with E-state index >= 15 is 0 Å². The molecule has 1 unspecified atom stereocenters. The lowest BCUT2D eigenvalue weighted by Gasteiger charge is -2.22. The minimum atomic E-state index is 0.581. The summed E-state index contributed by atoms with van der Waals surface area (Å²) in [5.41, 5.74) is 10.3. The number of aryl methyl sites for hydroxylation is 2. The molecule has 20 heavy (non-hydrogen) atoms. The van der Waals surface area contributed by atoms with Gasteiger partial charge in [-0.15, -0.1) is 0 Å². The van der Waals surface area contributed by atoms with Crippen molar-refractivity contribution in [3.8, 4) is 11.5 Å². The van der Waals surface area contributed by atoms with Gasteiger partial charge >= 0.3 is 0 Å². The summed E-state index contributed by atoms with van der Waals surface area (Å²) in [5, 5.41) is 0. The molecule has 2 heterocycles. The minimum absolute atomic E-state index is 0.581. The first kappa shape index (κ1) is 13.2. The van der Waals surface area contributed by atoms with Crippen molar-refractivity contribution in [2.45, 2.75) is 32.6 Å². The molecule has 1 atom stereocenters. The van der Waals surface area contributed by atoms with Crippen LogP contribution in [0, 0.1) is 5.92 Å². The molecule has 0 saturated heterocycles. The second-order valence-corrected chi connectivity index (χ2v) is 5.37. The Morgan fingerprint density at radius 1 is 1.35 bits per heavy atom. The molecule has 0 radical (unpaired) electrons. The standard InChI is InChI=1S/C16H20N4/c1-2-12-4-3-7-18-15(12)16-19-10-13-8-11(9-17)5-6-14(13)20-16/h3-4,7,10-11H,2,5-6,8-9,17H2,1H3. The Hall–Kier alpha value is -1.81. The van der Waals surface area contributed by atoms with Crippen molar-refractivity contribution < 1.29 is 0 Å². The summed E-state index contributed by atoms with van der Waals surface area (Å²) in [4.78, 5) is 13.7. The predicted octanol–water partition coefficient (Wildman–Crippen LogP) is 2.16. The second kappa shape index (κ2) is 5.67. The third kappa shape index (κ3) is 2.43. The molecule has 0 saturated carbocycles. The van der Waals surface area contributed by atoms with Crippen LogP contribution in [-0.2, 0) is 19.3 Å². The van der Waals surface area contributed by atoms with Gasteiger partial charge < -0.3 is 5.73 Å². The van der Waals surface area contributed by atoms with Gasteiger partial charge in [0, 0.05) is 18.1 Å². The molecule has 104 valence electrons. The van der Waals surface area contributed by atoms with Crippen LogP contribution in [0.15, 0.2) is 24.5 Å².